The van der Waals surface area contributed by atoms with Gasteiger partial charge in [-0.2, -0.15) is 16.3 Å². The van der Waals surface area contributed by atoms with Crippen LogP contribution in [-0.4, -0.2) is 11.9 Å². The van der Waals surface area contributed by atoms with E-state index in [2.05, 4.69) is 4.99 Å². The Bertz CT molecular complexity index is 617. The number of halogens is 1. The zero-order chi connectivity index (χ0) is 13.1. The molecule has 1 heterocycles. The molecule has 1 amide bonds. The van der Waals surface area contributed by atoms with Crippen molar-refractivity contribution in [3.63, 3.8) is 0 Å². The lowest BCUT2D eigenvalue weighted by molar-refractivity contribution is 0.100. The van der Waals surface area contributed by atoms with Gasteiger partial charge in [-0.1, -0.05) is 23.7 Å². The first-order chi connectivity index (χ1) is 8.58. The molecule has 4 N–H and O–H groups in total. The number of rotatable bonds is 2. The van der Waals surface area contributed by atoms with Gasteiger partial charge in [-0.3, -0.25) is 4.79 Å². The molecule has 0 aliphatic heterocycles. The van der Waals surface area contributed by atoms with Crippen molar-refractivity contribution in [1.82, 2.24) is 0 Å². The summed E-state index contributed by atoms with van der Waals surface area (Å²) < 4.78 is 0. The summed E-state index contributed by atoms with van der Waals surface area (Å²) in [6, 6.07) is 7.00. The summed E-state index contributed by atoms with van der Waals surface area (Å²) in [5.74, 6) is -0.720. The van der Waals surface area contributed by atoms with E-state index in [0.717, 1.165) is 11.1 Å². The second kappa shape index (κ2) is 5.20. The first kappa shape index (κ1) is 12.6. The molecular weight excluding hydrogens is 270 g/mol. The van der Waals surface area contributed by atoms with Crippen LogP contribution in [0.25, 0.3) is 11.1 Å². The maximum atomic E-state index is 11.7. The number of aliphatic imine (C=N–C) groups is 1. The third kappa shape index (κ3) is 2.69. The maximum Gasteiger partial charge on any atom is 0.280 e. The van der Waals surface area contributed by atoms with Gasteiger partial charge in [0.2, 0.25) is 0 Å². The minimum absolute atomic E-state index is 0.251. The molecule has 2 aromatic rings. The Kier molecular flexibility index (Phi) is 3.64. The molecule has 0 radical (unpaired) electrons. The SMILES string of the molecule is NC(N)=NC(=O)c1cccc(-c2cscc2Cl)c1. The van der Waals surface area contributed by atoms with Crippen molar-refractivity contribution in [2.45, 2.75) is 0 Å². The lowest BCUT2D eigenvalue weighted by atomic mass is 10.1. The van der Waals surface area contributed by atoms with Gasteiger partial charge < -0.3 is 11.5 Å². The molecule has 0 aliphatic carbocycles. The highest BCUT2D eigenvalue weighted by atomic mass is 35.5. The fourth-order valence-electron chi connectivity index (χ4n) is 1.49. The van der Waals surface area contributed by atoms with Crippen LogP contribution in [0.15, 0.2) is 40.0 Å². The van der Waals surface area contributed by atoms with Crippen LogP contribution in [0.2, 0.25) is 5.02 Å². The van der Waals surface area contributed by atoms with Crippen LogP contribution in [0.1, 0.15) is 10.4 Å². The van der Waals surface area contributed by atoms with E-state index in [9.17, 15) is 4.79 Å². The molecule has 92 valence electrons. The van der Waals surface area contributed by atoms with Gasteiger partial charge in [0.05, 0.1) is 5.02 Å². The third-order valence-corrected chi connectivity index (χ3v) is 3.45. The first-order valence-electron chi connectivity index (χ1n) is 5.04. The van der Waals surface area contributed by atoms with Crippen molar-refractivity contribution in [2.75, 3.05) is 0 Å². The molecule has 1 aromatic carbocycles. The molecule has 6 heteroatoms. The Labute approximate surface area is 113 Å². The highest BCUT2D eigenvalue weighted by Crippen LogP contribution is 2.31. The Morgan fingerprint density at radius 1 is 1.28 bits per heavy atom. The molecule has 0 bridgehead atoms. The number of thiophene rings is 1. The van der Waals surface area contributed by atoms with E-state index in [1.165, 1.54) is 11.3 Å². The molecule has 4 nitrogen and oxygen atoms in total. The van der Waals surface area contributed by atoms with Crippen molar-refractivity contribution in [2.24, 2.45) is 16.5 Å². The second-order valence-electron chi connectivity index (χ2n) is 3.56. The van der Waals surface area contributed by atoms with Crippen molar-refractivity contribution < 1.29 is 4.79 Å². The maximum absolute atomic E-state index is 11.7. The van der Waals surface area contributed by atoms with Gasteiger partial charge in [0, 0.05) is 21.9 Å². The molecule has 0 atom stereocenters. The summed E-state index contributed by atoms with van der Waals surface area (Å²) in [5, 5.41) is 4.42. The quantitative estimate of drug-likeness (QED) is 0.654. The second-order valence-corrected chi connectivity index (χ2v) is 4.71. The van der Waals surface area contributed by atoms with E-state index >= 15 is 0 Å². The van der Waals surface area contributed by atoms with Crippen LogP contribution in [0, 0.1) is 0 Å². The predicted molar refractivity (Wildman–Crippen MR) is 74.9 cm³/mol. The molecule has 0 spiro atoms. The monoisotopic (exact) mass is 279 g/mol. The van der Waals surface area contributed by atoms with Gasteiger partial charge in [-0.05, 0) is 17.7 Å². The normalized spacial score (nSPS) is 10.1. The summed E-state index contributed by atoms with van der Waals surface area (Å²) in [7, 11) is 0. The Morgan fingerprint density at radius 3 is 2.67 bits per heavy atom. The van der Waals surface area contributed by atoms with E-state index < -0.39 is 5.91 Å². The van der Waals surface area contributed by atoms with Crippen LogP contribution in [0.5, 0.6) is 0 Å². The average molecular weight is 280 g/mol. The molecule has 2 rings (SSSR count). The Balaban J connectivity index is 2.40. The molecule has 1 aromatic heterocycles. The first-order valence-corrected chi connectivity index (χ1v) is 6.36. The molecule has 0 fully saturated rings. The average Bonchev–Trinajstić information content (AvgIpc) is 2.75. The van der Waals surface area contributed by atoms with Crippen LogP contribution in [0.4, 0.5) is 0 Å². The number of hydrogen-bond donors (Lipinski definition) is 2. The highest BCUT2D eigenvalue weighted by Gasteiger charge is 2.09. The molecule has 18 heavy (non-hydrogen) atoms. The number of amides is 1. The molecule has 0 saturated carbocycles. The lowest BCUT2D eigenvalue weighted by Crippen LogP contribution is -2.24. The van der Waals surface area contributed by atoms with Gasteiger partial charge in [0.25, 0.3) is 5.91 Å². The van der Waals surface area contributed by atoms with E-state index in [0.29, 0.717) is 10.6 Å². The van der Waals surface area contributed by atoms with Gasteiger partial charge in [0.1, 0.15) is 0 Å². The predicted octanol–water partition coefficient (Wildman–Crippen LogP) is 2.48. The smallest absolute Gasteiger partial charge is 0.280 e. The summed E-state index contributed by atoms with van der Waals surface area (Å²) in [4.78, 5) is 15.2. The van der Waals surface area contributed by atoms with Crippen LogP contribution in [-0.2, 0) is 0 Å². The summed E-state index contributed by atoms with van der Waals surface area (Å²) in [6.07, 6.45) is 0. The zero-order valence-electron chi connectivity index (χ0n) is 9.26. The third-order valence-electron chi connectivity index (χ3n) is 2.27. The fraction of sp³-hybridized carbons (Fsp3) is 0. The number of benzene rings is 1. The number of hydrogen-bond acceptors (Lipinski definition) is 2. The minimum atomic E-state index is -0.469. The van der Waals surface area contributed by atoms with Gasteiger partial charge >= 0.3 is 0 Å². The van der Waals surface area contributed by atoms with Crippen LogP contribution < -0.4 is 11.5 Å². The summed E-state index contributed by atoms with van der Waals surface area (Å²) in [6.45, 7) is 0. The van der Waals surface area contributed by atoms with Crippen molar-refractivity contribution in [3.8, 4) is 11.1 Å². The standard InChI is InChI=1S/C12H10ClN3OS/c13-10-6-18-5-9(10)7-2-1-3-8(4-7)11(17)16-12(14)15/h1-6H,(H4,14,15,16,17). The van der Waals surface area contributed by atoms with E-state index in [1.54, 1.807) is 18.2 Å². The fourth-order valence-corrected chi connectivity index (χ4v) is 2.59. The largest absolute Gasteiger partial charge is 0.370 e. The van der Waals surface area contributed by atoms with Gasteiger partial charge in [0.15, 0.2) is 5.96 Å². The Morgan fingerprint density at radius 2 is 2.06 bits per heavy atom. The molecular formula is C12H10ClN3OS. The number of nitrogens with zero attached hydrogens (tertiary/aromatic N) is 1. The number of carbonyl (C=O) groups is 1. The number of carbonyl (C=O) groups excluding carboxylic acids is 1. The lowest BCUT2D eigenvalue weighted by Gasteiger charge is -2.02. The zero-order valence-corrected chi connectivity index (χ0v) is 10.8. The van der Waals surface area contributed by atoms with E-state index in [-0.39, 0.29) is 5.96 Å². The Hall–Kier alpha value is -1.85. The van der Waals surface area contributed by atoms with E-state index in [1.807, 2.05) is 16.8 Å². The van der Waals surface area contributed by atoms with Crippen molar-refractivity contribution >= 4 is 34.8 Å². The van der Waals surface area contributed by atoms with Crippen LogP contribution in [0.3, 0.4) is 0 Å². The van der Waals surface area contributed by atoms with Crippen molar-refractivity contribution in [3.05, 3.63) is 45.6 Å². The minimum Gasteiger partial charge on any atom is -0.370 e. The van der Waals surface area contributed by atoms with Gasteiger partial charge in [-0.25, -0.2) is 0 Å². The topological polar surface area (TPSA) is 81.5 Å². The van der Waals surface area contributed by atoms with Crippen molar-refractivity contribution in [1.29, 1.82) is 0 Å². The summed E-state index contributed by atoms with van der Waals surface area (Å²) >= 11 is 7.55. The highest BCUT2D eigenvalue weighted by molar-refractivity contribution is 7.09. The summed E-state index contributed by atoms with van der Waals surface area (Å²) in [5.41, 5.74) is 12.5. The number of guanidine groups is 1. The molecule has 0 unspecified atom stereocenters. The number of nitrogens with two attached hydrogens (primary N) is 2. The van der Waals surface area contributed by atoms with Gasteiger partial charge in [-0.15, -0.1) is 0 Å². The molecule has 0 saturated heterocycles. The van der Waals surface area contributed by atoms with Crippen LogP contribution >= 0.6 is 22.9 Å². The van der Waals surface area contributed by atoms with E-state index in [4.69, 9.17) is 23.1 Å². The molecule has 0 aliphatic rings.